The SMILES string of the molecule is O=C(NCc1cc(-c2ccc(C(F)(F)F)cc2)ncn1)[C@@H]1C[C@H]2COC[C@H]2N1S(=O)(=O)c1ccc(F)cc1. The van der Waals surface area contributed by atoms with Crippen molar-refractivity contribution < 1.29 is 35.5 Å². The average molecular weight is 551 g/mol. The topological polar surface area (TPSA) is 101 Å². The van der Waals surface area contributed by atoms with E-state index in [4.69, 9.17) is 4.74 Å². The third-order valence-electron chi connectivity index (χ3n) is 6.69. The minimum Gasteiger partial charge on any atom is -0.379 e. The molecule has 8 nitrogen and oxygen atoms in total. The summed E-state index contributed by atoms with van der Waals surface area (Å²) >= 11 is 0. The molecule has 3 atom stereocenters. The Morgan fingerprint density at radius 2 is 1.76 bits per heavy atom. The number of hydrogen-bond donors (Lipinski definition) is 1. The molecule has 2 saturated heterocycles. The molecular formula is C25H22F4N4O4S. The van der Waals surface area contributed by atoms with E-state index in [-0.39, 0.29) is 30.4 Å². The summed E-state index contributed by atoms with van der Waals surface area (Å²) in [7, 11) is -4.12. The van der Waals surface area contributed by atoms with Crippen LogP contribution in [0.4, 0.5) is 17.6 Å². The number of fused-ring (bicyclic) bond motifs is 1. The van der Waals surface area contributed by atoms with Crippen molar-refractivity contribution in [3.8, 4) is 11.3 Å². The summed E-state index contributed by atoms with van der Waals surface area (Å²) in [5.74, 6) is -1.27. The second-order valence-corrected chi connectivity index (χ2v) is 10.9. The van der Waals surface area contributed by atoms with Crippen LogP contribution < -0.4 is 5.32 Å². The average Bonchev–Trinajstić information content (AvgIpc) is 3.49. The standard InChI is InChI=1S/C25H22F4N4O4S/c26-18-5-7-20(8-6-18)38(35,36)33-22(9-16-12-37-13-23(16)33)24(34)30-11-19-10-21(32-14-31-19)15-1-3-17(4-2-15)25(27,28)29/h1-8,10,14,16,22-23H,9,11-13H2,(H,30,34)/t16-,22-,23+/m0/s1. The lowest BCUT2D eigenvalue weighted by atomic mass is 10.0. The van der Waals surface area contributed by atoms with Crippen LogP contribution in [0, 0.1) is 11.7 Å². The quantitative estimate of drug-likeness (QED) is 0.473. The van der Waals surface area contributed by atoms with Crippen LogP contribution in [0.15, 0.2) is 65.8 Å². The van der Waals surface area contributed by atoms with E-state index in [0.29, 0.717) is 23.6 Å². The molecule has 0 saturated carbocycles. The third kappa shape index (κ3) is 5.13. The number of amides is 1. The molecule has 0 aliphatic carbocycles. The van der Waals surface area contributed by atoms with Crippen molar-refractivity contribution in [1.82, 2.24) is 19.6 Å². The Kier molecular flexibility index (Phi) is 6.92. The van der Waals surface area contributed by atoms with Crippen LogP contribution in [0.1, 0.15) is 17.7 Å². The zero-order chi connectivity index (χ0) is 27.1. The van der Waals surface area contributed by atoms with Gasteiger partial charge in [-0.2, -0.15) is 17.5 Å². The maximum Gasteiger partial charge on any atom is 0.416 e. The van der Waals surface area contributed by atoms with Gasteiger partial charge in [0.25, 0.3) is 0 Å². The fourth-order valence-electron chi connectivity index (χ4n) is 4.79. The molecule has 0 unspecified atom stereocenters. The summed E-state index contributed by atoms with van der Waals surface area (Å²) in [6.45, 7) is 0.422. The Hall–Kier alpha value is -3.42. The molecule has 3 aromatic rings. The van der Waals surface area contributed by atoms with Crippen LogP contribution in [0.2, 0.25) is 0 Å². The van der Waals surface area contributed by atoms with Crippen LogP contribution in [-0.4, -0.2) is 53.9 Å². The minimum absolute atomic E-state index is 0.0538. The smallest absolute Gasteiger partial charge is 0.379 e. The molecule has 0 radical (unpaired) electrons. The summed E-state index contributed by atoms with van der Waals surface area (Å²) in [4.78, 5) is 21.3. The maximum absolute atomic E-state index is 13.4. The summed E-state index contributed by atoms with van der Waals surface area (Å²) in [5, 5.41) is 2.72. The van der Waals surface area contributed by atoms with Crippen molar-refractivity contribution in [2.75, 3.05) is 13.2 Å². The molecule has 1 aromatic heterocycles. The first-order valence-corrected chi connectivity index (χ1v) is 13.1. The molecule has 2 aromatic carbocycles. The van der Waals surface area contributed by atoms with Gasteiger partial charge in [-0.1, -0.05) is 12.1 Å². The summed E-state index contributed by atoms with van der Waals surface area (Å²) < 4.78 is 85.4. The molecule has 13 heteroatoms. The molecule has 1 amide bonds. The highest BCUT2D eigenvalue weighted by molar-refractivity contribution is 7.89. The van der Waals surface area contributed by atoms with Gasteiger partial charge < -0.3 is 10.1 Å². The number of nitrogens with zero attached hydrogens (tertiary/aromatic N) is 3. The van der Waals surface area contributed by atoms with E-state index in [1.807, 2.05) is 0 Å². The van der Waals surface area contributed by atoms with Gasteiger partial charge in [0.05, 0.1) is 47.6 Å². The predicted octanol–water partition coefficient (Wildman–Crippen LogP) is 3.40. The summed E-state index contributed by atoms with van der Waals surface area (Å²) in [5.41, 5.74) is 0.409. The number of benzene rings is 2. The van der Waals surface area contributed by atoms with E-state index in [1.165, 1.54) is 24.5 Å². The van der Waals surface area contributed by atoms with Crippen LogP contribution in [-0.2, 0) is 32.3 Å². The molecule has 0 bridgehead atoms. The number of sulfonamides is 1. The number of halogens is 4. The lowest BCUT2D eigenvalue weighted by Crippen LogP contribution is -2.49. The van der Waals surface area contributed by atoms with Crippen molar-refractivity contribution >= 4 is 15.9 Å². The van der Waals surface area contributed by atoms with E-state index >= 15 is 0 Å². The van der Waals surface area contributed by atoms with Gasteiger partial charge >= 0.3 is 6.18 Å². The van der Waals surface area contributed by atoms with E-state index in [9.17, 15) is 30.8 Å². The number of hydrogen-bond acceptors (Lipinski definition) is 6. The van der Waals surface area contributed by atoms with Crippen LogP contribution >= 0.6 is 0 Å². The Morgan fingerprint density at radius 1 is 1.05 bits per heavy atom. The molecule has 5 rings (SSSR count). The number of rotatable bonds is 6. The predicted molar refractivity (Wildman–Crippen MR) is 126 cm³/mol. The van der Waals surface area contributed by atoms with Gasteiger partial charge in [-0.25, -0.2) is 22.8 Å². The molecule has 2 aliphatic heterocycles. The Labute approximate surface area is 215 Å². The Balaban J connectivity index is 1.32. The van der Waals surface area contributed by atoms with Crippen LogP contribution in [0.3, 0.4) is 0 Å². The monoisotopic (exact) mass is 550 g/mol. The van der Waals surface area contributed by atoms with E-state index in [2.05, 4.69) is 15.3 Å². The van der Waals surface area contributed by atoms with Crippen molar-refractivity contribution in [1.29, 1.82) is 0 Å². The Morgan fingerprint density at radius 3 is 2.45 bits per heavy atom. The number of nitrogens with one attached hydrogen (secondary N) is 1. The maximum atomic E-state index is 13.4. The highest BCUT2D eigenvalue weighted by atomic mass is 32.2. The van der Waals surface area contributed by atoms with Crippen molar-refractivity contribution in [2.45, 2.75) is 36.1 Å². The van der Waals surface area contributed by atoms with Gasteiger partial charge in [0.1, 0.15) is 18.2 Å². The fourth-order valence-corrected chi connectivity index (χ4v) is 6.62. The molecule has 0 spiro atoms. The first-order valence-electron chi connectivity index (χ1n) is 11.7. The molecular weight excluding hydrogens is 528 g/mol. The van der Waals surface area contributed by atoms with Gasteiger partial charge in [0.15, 0.2) is 0 Å². The molecule has 2 aliphatic rings. The fraction of sp³-hybridized carbons (Fsp3) is 0.320. The van der Waals surface area contributed by atoms with Crippen LogP contribution in [0.5, 0.6) is 0 Å². The van der Waals surface area contributed by atoms with Gasteiger partial charge in [0, 0.05) is 11.5 Å². The molecule has 38 heavy (non-hydrogen) atoms. The van der Waals surface area contributed by atoms with Crippen molar-refractivity contribution in [2.24, 2.45) is 5.92 Å². The number of carbonyl (C=O) groups excluding carboxylic acids is 1. The molecule has 1 N–H and O–H groups in total. The summed E-state index contributed by atoms with van der Waals surface area (Å²) in [6.07, 6.45) is -2.96. The van der Waals surface area contributed by atoms with Gasteiger partial charge in [0.2, 0.25) is 15.9 Å². The molecule has 200 valence electrons. The lowest BCUT2D eigenvalue weighted by Gasteiger charge is -2.27. The van der Waals surface area contributed by atoms with Gasteiger partial charge in [-0.3, -0.25) is 4.79 Å². The van der Waals surface area contributed by atoms with Gasteiger partial charge in [-0.05, 0) is 48.9 Å². The minimum atomic E-state index is -4.46. The Bertz CT molecular complexity index is 1430. The van der Waals surface area contributed by atoms with Crippen LogP contribution in [0.25, 0.3) is 11.3 Å². The van der Waals surface area contributed by atoms with E-state index in [1.54, 1.807) is 0 Å². The number of carbonyl (C=O) groups is 1. The van der Waals surface area contributed by atoms with E-state index in [0.717, 1.165) is 40.7 Å². The third-order valence-corrected chi connectivity index (χ3v) is 8.64. The first kappa shape index (κ1) is 26.2. The molecule has 3 heterocycles. The second-order valence-electron chi connectivity index (χ2n) is 9.09. The highest BCUT2D eigenvalue weighted by Gasteiger charge is 2.52. The summed E-state index contributed by atoms with van der Waals surface area (Å²) in [6, 6.07) is 8.92. The number of ether oxygens (including phenoxy) is 1. The number of alkyl halides is 3. The lowest BCUT2D eigenvalue weighted by molar-refractivity contribution is -0.137. The van der Waals surface area contributed by atoms with Gasteiger partial charge in [-0.15, -0.1) is 0 Å². The van der Waals surface area contributed by atoms with E-state index < -0.39 is 45.6 Å². The number of aromatic nitrogens is 2. The van der Waals surface area contributed by atoms with Crippen molar-refractivity contribution in [3.63, 3.8) is 0 Å². The normalized spacial score (nSPS) is 21.8. The second kappa shape index (κ2) is 10.0. The largest absolute Gasteiger partial charge is 0.416 e. The highest BCUT2D eigenvalue weighted by Crippen LogP contribution is 2.39. The van der Waals surface area contributed by atoms with Crippen molar-refractivity contribution in [3.05, 3.63) is 78.0 Å². The first-order chi connectivity index (χ1) is 18.0. The zero-order valence-electron chi connectivity index (χ0n) is 19.7. The zero-order valence-corrected chi connectivity index (χ0v) is 20.5. The molecule has 2 fully saturated rings.